The molecular formula is C16H29NO2. The summed E-state index contributed by atoms with van der Waals surface area (Å²) in [6.07, 6.45) is 4.78. The first-order chi connectivity index (χ1) is 8.84. The molecule has 2 atom stereocenters. The van der Waals surface area contributed by atoms with Crippen LogP contribution in [-0.4, -0.2) is 29.2 Å². The van der Waals surface area contributed by atoms with Crippen molar-refractivity contribution in [3.8, 4) is 0 Å². The normalized spacial score (nSPS) is 14.1. The van der Waals surface area contributed by atoms with Crippen LogP contribution < -0.4 is 0 Å². The van der Waals surface area contributed by atoms with E-state index in [0.29, 0.717) is 6.42 Å². The number of hydrogen-bond acceptors (Lipinski definition) is 2. The van der Waals surface area contributed by atoms with Gasteiger partial charge in [0.15, 0.2) is 0 Å². The Morgan fingerprint density at radius 2 is 1.53 bits per heavy atom. The van der Waals surface area contributed by atoms with E-state index in [2.05, 4.69) is 20.1 Å². The van der Waals surface area contributed by atoms with Gasteiger partial charge in [0, 0.05) is 18.5 Å². The SMILES string of the molecule is C=CCC(C)C(CC=C)OC(=O)N(C(C)C)C(C)C. The van der Waals surface area contributed by atoms with Gasteiger partial charge in [-0.05, 0) is 40.0 Å². The second kappa shape index (κ2) is 8.78. The molecule has 2 unspecified atom stereocenters. The second-order valence-corrected chi connectivity index (χ2v) is 5.54. The summed E-state index contributed by atoms with van der Waals surface area (Å²) in [5.74, 6) is 0.251. The van der Waals surface area contributed by atoms with E-state index < -0.39 is 0 Å². The zero-order valence-corrected chi connectivity index (χ0v) is 13.1. The fourth-order valence-corrected chi connectivity index (χ4v) is 2.18. The molecule has 0 radical (unpaired) electrons. The number of rotatable bonds is 8. The van der Waals surface area contributed by atoms with Crippen molar-refractivity contribution in [2.24, 2.45) is 5.92 Å². The number of hydrogen-bond donors (Lipinski definition) is 0. The van der Waals surface area contributed by atoms with Crippen molar-refractivity contribution < 1.29 is 9.53 Å². The average molecular weight is 267 g/mol. The molecule has 0 aliphatic heterocycles. The summed E-state index contributed by atoms with van der Waals surface area (Å²) in [6, 6.07) is 0.262. The lowest BCUT2D eigenvalue weighted by molar-refractivity contribution is 0.0262. The fourth-order valence-electron chi connectivity index (χ4n) is 2.18. The van der Waals surface area contributed by atoms with E-state index in [0.717, 1.165) is 6.42 Å². The summed E-state index contributed by atoms with van der Waals surface area (Å²) in [7, 11) is 0. The van der Waals surface area contributed by atoms with Crippen LogP contribution in [0.5, 0.6) is 0 Å². The first kappa shape index (κ1) is 17.8. The Labute approximate surface area is 118 Å². The van der Waals surface area contributed by atoms with Crippen LogP contribution in [0.2, 0.25) is 0 Å². The van der Waals surface area contributed by atoms with Gasteiger partial charge in [0.25, 0.3) is 0 Å². The average Bonchev–Trinajstić information content (AvgIpc) is 2.27. The minimum atomic E-state index is -0.243. The Morgan fingerprint density at radius 3 is 1.89 bits per heavy atom. The Bertz CT molecular complexity index is 289. The monoisotopic (exact) mass is 267 g/mol. The maximum absolute atomic E-state index is 12.3. The van der Waals surface area contributed by atoms with Crippen molar-refractivity contribution in [1.29, 1.82) is 0 Å². The predicted molar refractivity (Wildman–Crippen MR) is 81.2 cm³/mol. The number of carbonyl (C=O) groups excluding carboxylic acids is 1. The van der Waals surface area contributed by atoms with E-state index in [4.69, 9.17) is 4.74 Å². The summed E-state index contributed by atoms with van der Waals surface area (Å²) >= 11 is 0. The van der Waals surface area contributed by atoms with E-state index in [1.807, 2.05) is 33.8 Å². The molecule has 0 fully saturated rings. The van der Waals surface area contributed by atoms with Gasteiger partial charge < -0.3 is 9.64 Å². The van der Waals surface area contributed by atoms with Crippen molar-refractivity contribution in [2.45, 2.75) is 65.6 Å². The molecule has 3 nitrogen and oxygen atoms in total. The van der Waals surface area contributed by atoms with Gasteiger partial charge in [0.1, 0.15) is 6.10 Å². The fraction of sp³-hybridized carbons (Fsp3) is 0.688. The smallest absolute Gasteiger partial charge is 0.410 e. The molecule has 0 heterocycles. The van der Waals surface area contributed by atoms with E-state index in [1.54, 1.807) is 11.0 Å². The maximum atomic E-state index is 12.3. The summed E-state index contributed by atoms with van der Waals surface area (Å²) in [6.45, 7) is 17.5. The van der Waals surface area contributed by atoms with Crippen LogP contribution in [0.15, 0.2) is 25.3 Å². The predicted octanol–water partition coefficient (Wildman–Crippen LogP) is 4.40. The molecule has 0 rings (SSSR count). The third-order valence-corrected chi connectivity index (χ3v) is 3.15. The van der Waals surface area contributed by atoms with E-state index in [9.17, 15) is 4.79 Å². The second-order valence-electron chi connectivity index (χ2n) is 5.54. The van der Waals surface area contributed by atoms with Crippen LogP contribution in [-0.2, 0) is 4.74 Å². The van der Waals surface area contributed by atoms with E-state index in [-0.39, 0.29) is 30.2 Å². The van der Waals surface area contributed by atoms with Gasteiger partial charge >= 0.3 is 6.09 Å². The highest BCUT2D eigenvalue weighted by Crippen LogP contribution is 2.19. The molecule has 0 saturated heterocycles. The number of allylic oxidation sites excluding steroid dienone is 1. The molecule has 0 bridgehead atoms. The molecule has 110 valence electrons. The molecule has 0 spiro atoms. The van der Waals surface area contributed by atoms with Gasteiger partial charge in [-0.15, -0.1) is 13.2 Å². The summed E-state index contributed by atoms with van der Waals surface area (Å²) < 4.78 is 5.66. The highest BCUT2D eigenvalue weighted by atomic mass is 16.6. The molecule has 1 amide bonds. The molecule has 0 aliphatic carbocycles. The van der Waals surface area contributed by atoms with Crippen molar-refractivity contribution in [2.75, 3.05) is 0 Å². The van der Waals surface area contributed by atoms with Crippen LogP contribution in [0.1, 0.15) is 47.5 Å². The molecule has 0 aromatic heterocycles. The topological polar surface area (TPSA) is 29.5 Å². The zero-order chi connectivity index (χ0) is 15.0. The van der Waals surface area contributed by atoms with E-state index >= 15 is 0 Å². The number of amides is 1. The van der Waals surface area contributed by atoms with Gasteiger partial charge in [0.2, 0.25) is 0 Å². The summed E-state index contributed by atoms with van der Waals surface area (Å²) in [5, 5.41) is 0. The number of ether oxygens (including phenoxy) is 1. The Balaban J connectivity index is 4.77. The first-order valence-electron chi connectivity index (χ1n) is 7.05. The van der Waals surface area contributed by atoms with Crippen LogP contribution >= 0.6 is 0 Å². The third kappa shape index (κ3) is 5.95. The molecule has 0 aromatic carbocycles. The standard InChI is InChI=1S/C16H29NO2/c1-8-10-14(7)15(11-9-2)19-16(18)17(12(3)4)13(5)6/h8-9,12-15H,1-2,10-11H2,3-7H3. The van der Waals surface area contributed by atoms with Crippen LogP contribution in [0.4, 0.5) is 4.79 Å². The Morgan fingerprint density at radius 1 is 1.05 bits per heavy atom. The summed E-state index contributed by atoms with van der Waals surface area (Å²) in [4.78, 5) is 14.0. The molecule has 19 heavy (non-hydrogen) atoms. The number of nitrogens with zero attached hydrogens (tertiary/aromatic N) is 1. The quantitative estimate of drug-likeness (QED) is 0.610. The van der Waals surface area contributed by atoms with Gasteiger partial charge in [0.05, 0.1) is 0 Å². The summed E-state index contributed by atoms with van der Waals surface area (Å²) in [5.41, 5.74) is 0. The molecule has 3 heteroatoms. The number of carbonyl (C=O) groups is 1. The first-order valence-corrected chi connectivity index (χ1v) is 7.05. The van der Waals surface area contributed by atoms with Crippen LogP contribution in [0.3, 0.4) is 0 Å². The van der Waals surface area contributed by atoms with Crippen LogP contribution in [0, 0.1) is 5.92 Å². The van der Waals surface area contributed by atoms with Crippen LogP contribution in [0.25, 0.3) is 0 Å². The van der Waals surface area contributed by atoms with Gasteiger partial charge in [-0.1, -0.05) is 19.1 Å². The van der Waals surface area contributed by atoms with Crippen molar-refractivity contribution in [3.05, 3.63) is 25.3 Å². The largest absolute Gasteiger partial charge is 0.445 e. The molecule has 0 N–H and O–H groups in total. The lowest BCUT2D eigenvalue weighted by atomic mass is 9.98. The van der Waals surface area contributed by atoms with Crippen molar-refractivity contribution in [1.82, 2.24) is 4.90 Å². The zero-order valence-electron chi connectivity index (χ0n) is 13.1. The highest BCUT2D eigenvalue weighted by Gasteiger charge is 2.26. The molecule has 0 aliphatic rings. The Hall–Kier alpha value is -1.25. The highest BCUT2D eigenvalue weighted by molar-refractivity contribution is 5.68. The minimum absolute atomic E-state index is 0.131. The van der Waals surface area contributed by atoms with Gasteiger partial charge in [-0.2, -0.15) is 0 Å². The van der Waals surface area contributed by atoms with Crippen molar-refractivity contribution in [3.63, 3.8) is 0 Å². The van der Waals surface area contributed by atoms with Gasteiger partial charge in [-0.3, -0.25) is 0 Å². The molecule has 0 aromatic rings. The van der Waals surface area contributed by atoms with Crippen molar-refractivity contribution >= 4 is 6.09 Å². The lowest BCUT2D eigenvalue weighted by Gasteiger charge is -2.32. The molecular weight excluding hydrogens is 238 g/mol. The molecule has 0 saturated carbocycles. The minimum Gasteiger partial charge on any atom is -0.445 e. The lowest BCUT2D eigenvalue weighted by Crippen LogP contribution is -2.44. The Kier molecular flexibility index (Phi) is 8.21. The van der Waals surface area contributed by atoms with Gasteiger partial charge in [-0.25, -0.2) is 4.79 Å². The third-order valence-electron chi connectivity index (χ3n) is 3.15. The van der Waals surface area contributed by atoms with E-state index in [1.165, 1.54) is 0 Å². The maximum Gasteiger partial charge on any atom is 0.410 e.